The zero-order chi connectivity index (χ0) is 25.3. The van der Waals surface area contributed by atoms with Crippen LogP contribution in [-0.4, -0.2) is 32.1 Å². The molecule has 0 amide bonds. The molecular weight excluding hydrogens is 466 g/mol. The van der Waals surface area contributed by atoms with Crippen LogP contribution in [0.1, 0.15) is 56.6 Å². The summed E-state index contributed by atoms with van der Waals surface area (Å²) >= 11 is 6.07. The molecule has 4 rings (SSSR count). The lowest BCUT2D eigenvalue weighted by molar-refractivity contribution is -0.143. The molecule has 0 aromatic heterocycles. The lowest BCUT2D eigenvalue weighted by Crippen LogP contribution is -2.36. The van der Waals surface area contributed by atoms with Crippen LogP contribution in [0.15, 0.2) is 65.0 Å². The van der Waals surface area contributed by atoms with Gasteiger partial charge in [-0.05, 0) is 56.9 Å². The van der Waals surface area contributed by atoms with E-state index in [9.17, 15) is 9.59 Å². The molecule has 1 heterocycles. The van der Waals surface area contributed by atoms with Crippen molar-refractivity contribution in [2.45, 2.75) is 51.6 Å². The number of ether oxygens (including phenoxy) is 3. The van der Waals surface area contributed by atoms with E-state index in [1.165, 1.54) is 0 Å². The number of carbonyl (C=O) groups is 2. The van der Waals surface area contributed by atoms with Crippen LogP contribution >= 0.6 is 11.6 Å². The van der Waals surface area contributed by atoms with Crippen molar-refractivity contribution >= 4 is 23.4 Å². The van der Waals surface area contributed by atoms with E-state index < -0.39 is 11.9 Å². The summed E-state index contributed by atoms with van der Waals surface area (Å²) in [5.74, 6) is -0.0849. The molecule has 0 saturated heterocycles. The molecule has 1 aliphatic heterocycles. The van der Waals surface area contributed by atoms with Gasteiger partial charge in [-0.2, -0.15) is 0 Å². The van der Waals surface area contributed by atoms with E-state index in [1.807, 2.05) is 43.3 Å². The number of ketones is 1. The number of carbonyl (C=O) groups excluding carboxylic acids is 2. The fraction of sp³-hybridized carbons (Fsp3) is 0.357. The number of benzene rings is 2. The molecule has 0 spiro atoms. The SMILES string of the molecule is COc1cccc(C2C(C(=O)OC(C)C)=C(C)NC3=C2C(=O)CC(c2ccc(Cl)cc2)C3)c1OC. The van der Waals surface area contributed by atoms with E-state index in [4.69, 9.17) is 25.8 Å². The highest BCUT2D eigenvalue weighted by Gasteiger charge is 2.43. The van der Waals surface area contributed by atoms with Crippen LogP contribution in [0.25, 0.3) is 0 Å². The van der Waals surface area contributed by atoms with Crippen molar-refractivity contribution < 1.29 is 23.8 Å². The number of Topliss-reactive ketones (excluding diaryl/α,β-unsaturated/α-hetero) is 1. The maximum Gasteiger partial charge on any atom is 0.337 e. The summed E-state index contributed by atoms with van der Waals surface area (Å²) in [7, 11) is 3.12. The van der Waals surface area contributed by atoms with Crippen molar-refractivity contribution in [2.75, 3.05) is 14.2 Å². The van der Waals surface area contributed by atoms with E-state index >= 15 is 0 Å². The Morgan fingerprint density at radius 3 is 2.40 bits per heavy atom. The minimum Gasteiger partial charge on any atom is -0.493 e. The molecule has 1 aliphatic carbocycles. The van der Waals surface area contributed by atoms with Gasteiger partial charge in [0, 0.05) is 34.0 Å². The van der Waals surface area contributed by atoms with Gasteiger partial charge in [-0.15, -0.1) is 0 Å². The van der Waals surface area contributed by atoms with Crippen molar-refractivity contribution in [1.82, 2.24) is 5.32 Å². The molecule has 2 aromatic carbocycles. The van der Waals surface area contributed by atoms with Gasteiger partial charge in [0.25, 0.3) is 0 Å². The lowest BCUT2D eigenvalue weighted by Gasteiger charge is -2.37. The van der Waals surface area contributed by atoms with Gasteiger partial charge in [0.1, 0.15) is 0 Å². The summed E-state index contributed by atoms with van der Waals surface area (Å²) in [6, 6.07) is 13.1. The summed E-state index contributed by atoms with van der Waals surface area (Å²) in [4.78, 5) is 27.1. The molecule has 7 heteroatoms. The molecule has 0 fully saturated rings. The molecule has 2 aliphatic rings. The van der Waals surface area contributed by atoms with E-state index in [1.54, 1.807) is 34.1 Å². The van der Waals surface area contributed by atoms with Crippen LogP contribution in [0.2, 0.25) is 5.02 Å². The number of methoxy groups -OCH3 is 2. The average molecular weight is 496 g/mol. The average Bonchev–Trinajstić information content (AvgIpc) is 2.82. The second-order valence-corrected chi connectivity index (χ2v) is 9.54. The van der Waals surface area contributed by atoms with E-state index in [-0.39, 0.29) is 17.8 Å². The van der Waals surface area contributed by atoms with E-state index in [0.717, 1.165) is 11.3 Å². The van der Waals surface area contributed by atoms with Crippen molar-refractivity contribution in [3.8, 4) is 11.5 Å². The first kappa shape index (κ1) is 24.9. The fourth-order valence-corrected chi connectivity index (χ4v) is 5.13. The number of rotatable bonds is 6. The number of para-hydroxylation sites is 1. The molecule has 184 valence electrons. The van der Waals surface area contributed by atoms with Crippen LogP contribution < -0.4 is 14.8 Å². The summed E-state index contributed by atoms with van der Waals surface area (Å²) in [6.45, 7) is 5.45. The molecule has 35 heavy (non-hydrogen) atoms. The minimum atomic E-state index is -0.638. The number of nitrogens with one attached hydrogen (secondary N) is 1. The number of allylic oxidation sites excluding steroid dienone is 3. The first-order chi connectivity index (χ1) is 16.7. The molecule has 6 nitrogen and oxygen atoms in total. The van der Waals surface area contributed by atoms with Crippen LogP contribution in [0.5, 0.6) is 11.5 Å². The van der Waals surface area contributed by atoms with Crippen molar-refractivity contribution in [2.24, 2.45) is 0 Å². The van der Waals surface area contributed by atoms with Crippen LogP contribution in [0, 0.1) is 0 Å². The van der Waals surface area contributed by atoms with Gasteiger partial charge in [0.2, 0.25) is 0 Å². The van der Waals surface area contributed by atoms with Gasteiger partial charge in [0.15, 0.2) is 17.3 Å². The number of hydrogen-bond donors (Lipinski definition) is 1. The fourth-order valence-electron chi connectivity index (χ4n) is 5.01. The quantitative estimate of drug-likeness (QED) is 0.520. The topological polar surface area (TPSA) is 73.9 Å². The predicted molar refractivity (Wildman–Crippen MR) is 135 cm³/mol. The number of hydrogen-bond acceptors (Lipinski definition) is 6. The van der Waals surface area contributed by atoms with Crippen molar-refractivity contribution in [3.63, 3.8) is 0 Å². The Hall–Kier alpha value is -3.25. The number of halogens is 1. The van der Waals surface area contributed by atoms with Crippen LogP contribution in [0.3, 0.4) is 0 Å². The number of esters is 1. The van der Waals surface area contributed by atoms with Gasteiger partial charge in [-0.25, -0.2) is 4.79 Å². The highest BCUT2D eigenvalue weighted by molar-refractivity contribution is 6.30. The maximum absolute atomic E-state index is 13.7. The Kier molecular flexibility index (Phi) is 7.22. The molecule has 0 radical (unpaired) electrons. The van der Waals surface area contributed by atoms with Crippen molar-refractivity contribution in [1.29, 1.82) is 0 Å². The largest absolute Gasteiger partial charge is 0.493 e. The lowest BCUT2D eigenvalue weighted by atomic mass is 9.71. The predicted octanol–water partition coefficient (Wildman–Crippen LogP) is 5.67. The molecular formula is C28H30ClNO5. The van der Waals surface area contributed by atoms with Crippen LogP contribution in [0.4, 0.5) is 0 Å². The third kappa shape index (κ3) is 4.80. The first-order valence-electron chi connectivity index (χ1n) is 11.7. The van der Waals surface area contributed by atoms with Gasteiger partial charge < -0.3 is 19.5 Å². The zero-order valence-electron chi connectivity index (χ0n) is 20.6. The normalized spacial score (nSPS) is 19.9. The Morgan fingerprint density at radius 1 is 1.06 bits per heavy atom. The highest BCUT2D eigenvalue weighted by atomic mass is 35.5. The monoisotopic (exact) mass is 495 g/mol. The van der Waals surface area contributed by atoms with Gasteiger partial charge in [0.05, 0.1) is 31.8 Å². The van der Waals surface area contributed by atoms with Crippen molar-refractivity contribution in [3.05, 3.63) is 81.2 Å². The molecule has 1 N–H and O–H groups in total. The summed E-state index contributed by atoms with van der Waals surface area (Å²) in [6.07, 6.45) is 0.661. The summed E-state index contributed by atoms with van der Waals surface area (Å²) in [5, 5.41) is 4.03. The third-order valence-electron chi connectivity index (χ3n) is 6.48. The third-order valence-corrected chi connectivity index (χ3v) is 6.73. The second kappa shape index (κ2) is 10.2. The highest BCUT2D eigenvalue weighted by Crippen LogP contribution is 2.49. The maximum atomic E-state index is 13.7. The van der Waals surface area contributed by atoms with Gasteiger partial charge >= 0.3 is 5.97 Å². The smallest absolute Gasteiger partial charge is 0.337 e. The van der Waals surface area contributed by atoms with E-state index in [0.29, 0.717) is 51.8 Å². The molecule has 0 bridgehead atoms. The Bertz CT molecular complexity index is 1210. The summed E-state index contributed by atoms with van der Waals surface area (Å²) < 4.78 is 16.8. The summed E-state index contributed by atoms with van der Waals surface area (Å²) in [5.41, 5.74) is 4.20. The standard InChI is InChI=1S/C28H30ClNO5/c1-15(2)35-28(32)24-16(3)30-21-13-18(17-9-11-19(29)12-10-17)14-22(31)26(21)25(24)20-7-6-8-23(33-4)27(20)34-5/h6-12,15,18,25,30H,13-14H2,1-5H3. The van der Waals surface area contributed by atoms with Crippen LogP contribution in [-0.2, 0) is 14.3 Å². The molecule has 2 aromatic rings. The Labute approximate surface area is 210 Å². The van der Waals surface area contributed by atoms with E-state index in [2.05, 4.69) is 5.32 Å². The first-order valence-corrected chi connectivity index (χ1v) is 12.0. The minimum absolute atomic E-state index is 0.0100. The van der Waals surface area contributed by atoms with Gasteiger partial charge in [-0.3, -0.25) is 4.79 Å². The Balaban J connectivity index is 1.86. The Morgan fingerprint density at radius 2 is 1.77 bits per heavy atom. The molecule has 2 atom stereocenters. The zero-order valence-corrected chi connectivity index (χ0v) is 21.4. The molecule has 2 unspecified atom stereocenters. The second-order valence-electron chi connectivity index (χ2n) is 9.11. The van der Waals surface area contributed by atoms with Gasteiger partial charge in [-0.1, -0.05) is 35.9 Å². The number of dihydropyridines is 1. The molecule has 0 saturated carbocycles.